The third kappa shape index (κ3) is 2.90. The first-order chi connectivity index (χ1) is 8.99. The van der Waals surface area contributed by atoms with Crippen molar-refractivity contribution in [3.8, 4) is 11.5 Å². The summed E-state index contributed by atoms with van der Waals surface area (Å²) in [6.45, 7) is 0. The Labute approximate surface area is 115 Å². The van der Waals surface area contributed by atoms with Crippen LogP contribution in [0.2, 0.25) is 0 Å². The quantitative estimate of drug-likeness (QED) is 0.917. The third-order valence-corrected chi connectivity index (χ3v) is 2.97. The smallest absolute Gasteiger partial charge is 0.340 e. The molecule has 0 fully saturated rings. The molecular formula is C13H7BrF2O3. The first kappa shape index (κ1) is 13.5. The van der Waals surface area contributed by atoms with Crippen LogP contribution in [0, 0.1) is 11.6 Å². The molecule has 6 heteroatoms. The molecule has 98 valence electrons. The van der Waals surface area contributed by atoms with Gasteiger partial charge in [-0.2, -0.15) is 0 Å². The average Bonchev–Trinajstić information content (AvgIpc) is 2.33. The maximum absolute atomic E-state index is 13.0. The second-order valence-electron chi connectivity index (χ2n) is 3.60. The minimum absolute atomic E-state index is 0.0134. The highest BCUT2D eigenvalue weighted by Crippen LogP contribution is 2.31. The van der Waals surface area contributed by atoms with E-state index in [0.717, 1.165) is 12.1 Å². The number of aromatic carboxylic acids is 1. The van der Waals surface area contributed by atoms with Crippen molar-refractivity contribution in [2.24, 2.45) is 0 Å². The molecule has 0 atom stereocenters. The Morgan fingerprint density at radius 3 is 2.53 bits per heavy atom. The molecule has 2 rings (SSSR count). The van der Waals surface area contributed by atoms with E-state index in [1.54, 1.807) is 12.1 Å². The van der Waals surface area contributed by atoms with Crippen molar-refractivity contribution in [3.63, 3.8) is 0 Å². The number of carboxylic acid groups (broad SMARTS) is 1. The highest BCUT2D eigenvalue weighted by atomic mass is 79.9. The second-order valence-corrected chi connectivity index (χ2v) is 4.45. The van der Waals surface area contributed by atoms with Crippen LogP contribution in [0.1, 0.15) is 10.4 Å². The summed E-state index contributed by atoms with van der Waals surface area (Å²) in [4.78, 5) is 11.1. The van der Waals surface area contributed by atoms with Crippen molar-refractivity contribution in [1.82, 2.24) is 0 Å². The molecule has 0 aromatic heterocycles. The van der Waals surface area contributed by atoms with Crippen molar-refractivity contribution >= 4 is 21.9 Å². The summed E-state index contributed by atoms with van der Waals surface area (Å²) in [6, 6.07) is 7.51. The number of carbonyl (C=O) groups is 1. The van der Waals surface area contributed by atoms with E-state index in [1.807, 2.05) is 0 Å². The number of hydrogen-bond donors (Lipinski definition) is 1. The lowest BCUT2D eigenvalue weighted by Gasteiger charge is -2.10. The van der Waals surface area contributed by atoms with Crippen molar-refractivity contribution in [2.75, 3.05) is 0 Å². The highest BCUT2D eigenvalue weighted by Gasteiger charge is 2.16. The fourth-order valence-electron chi connectivity index (χ4n) is 1.46. The molecular weight excluding hydrogens is 322 g/mol. The van der Waals surface area contributed by atoms with Crippen LogP contribution in [0.3, 0.4) is 0 Å². The zero-order valence-electron chi connectivity index (χ0n) is 9.36. The lowest BCUT2D eigenvalue weighted by Crippen LogP contribution is -2.01. The van der Waals surface area contributed by atoms with E-state index in [-0.39, 0.29) is 17.1 Å². The second kappa shape index (κ2) is 5.36. The standard InChI is InChI=1S/C13H7BrF2O3/c14-8-2-1-3-11(12(8)13(17)18)19-7-4-5-9(15)10(16)6-7/h1-6H,(H,17,18). The molecule has 0 bridgehead atoms. The number of ether oxygens (including phenoxy) is 1. The minimum Gasteiger partial charge on any atom is -0.478 e. The zero-order valence-corrected chi connectivity index (χ0v) is 10.9. The van der Waals surface area contributed by atoms with Gasteiger partial charge in [-0.05, 0) is 40.2 Å². The van der Waals surface area contributed by atoms with E-state index < -0.39 is 17.6 Å². The van der Waals surface area contributed by atoms with Crippen LogP contribution in [0.25, 0.3) is 0 Å². The molecule has 3 nitrogen and oxygen atoms in total. The Hall–Kier alpha value is -1.95. The van der Waals surface area contributed by atoms with Crippen LogP contribution in [-0.2, 0) is 0 Å². The molecule has 1 N–H and O–H groups in total. The molecule has 0 spiro atoms. The maximum Gasteiger partial charge on any atom is 0.340 e. The predicted octanol–water partition coefficient (Wildman–Crippen LogP) is 4.22. The van der Waals surface area contributed by atoms with Crippen LogP contribution in [0.15, 0.2) is 40.9 Å². The Kier molecular flexibility index (Phi) is 3.80. The third-order valence-electron chi connectivity index (χ3n) is 2.31. The van der Waals surface area contributed by atoms with Gasteiger partial charge >= 0.3 is 5.97 Å². The van der Waals surface area contributed by atoms with Gasteiger partial charge in [-0.15, -0.1) is 0 Å². The molecule has 0 saturated heterocycles. The lowest BCUT2D eigenvalue weighted by atomic mass is 10.2. The van der Waals surface area contributed by atoms with E-state index in [4.69, 9.17) is 9.84 Å². The summed E-state index contributed by atoms with van der Waals surface area (Å²) in [6.07, 6.45) is 0. The molecule has 0 aliphatic rings. The summed E-state index contributed by atoms with van der Waals surface area (Å²) >= 11 is 3.09. The fraction of sp³-hybridized carbons (Fsp3) is 0. The molecule has 0 heterocycles. The number of carboxylic acids is 1. The molecule has 0 unspecified atom stereocenters. The van der Waals surface area contributed by atoms with Gasteiger partial charge in [0.15, 0.2) is 11.6 Å². The van der Waals surface area contributed by atoms with Crippen LogP contribution < -0.4 is 4.74 Å². The van der Waals surface area contributed by atoms with Gasteiger partial charge < -0.3 is 9.84 Å². The largest absolute Gasteiger partial charge is 0.478 e. The summed E-state index contributed by atoms with van der Waals surface area (Å²) in [5.41, 5.74) is -0.0905. The molecule has 2 aromatic rings. The van der Waals surface area contributed by atoms with Crippen LogP contribution in [-0.4, -0.2) is 11.1 Å². The Morgan fingerprint density at radius 1 is 1.16 bits per heavy atom. The Morgan fingerprint density at radius 2 is 1.89 bits per heavy atom. The van der Waals surface area contributed by atoms with Crippen molar-refractivity contribution in [2.45, 2.75) is 0 Å². The molecule has 0 aliphatic heterocycles. The summed E-state index contributed by atoms with van der Waals surface area (Å²) in [5, 5.41) is 9.08. The average molecular weight is 329 g/mol. The molecule has 19 heavy (non-hydrogen) atoms. The van der Waals surface area contributed by atoms with E-state index in [9.17, 15) is 13.6 Å². The number of benzene rings is 2. The van der Waals surface area contributed by atoms with E-state index in [1.165, 1.54) is 12.1 Å². The van der Waals surface area contributed by atoms with Gasteiger partial charge in [-0.3, -0.25) is 0 Å². The summed E-state index contributed by atoms with van der Waals surface area (Å²) < 4.78 is 31.4. The van der Waals surface area contributed by atoms with Crippen molar-refractivity contribution in [1.29, 1.82) is 0 Å². The van der Waals surface area contributed by atoms with Gasteiger partial charge in [-0.1, -0.05) is 6.07 Å². The molecule has 0 aliphatic carbocycles. The van der Waals surface area contributed by atoms with Gasteiger partial charge in [0.2, 0.25) is 0 Å². The van der Waals surface area contributed by atoms with Gasteiger partial charge in [0.05, 0.1) is 0 Å². The maximum atomic E-state index is 13.0. The lowest BCUT2D eigenvalue weighted by molar-refractivity contribution is 0.0693. The topological polar surface area (TPSA) is 46.5 Å². The first-order valence-corrected chi connectivity index (χ1v) is 5.93. The van der Waals surface area contributed by atoms with Crippen LogP contribution in [0.4, 0.5) is 8.78 Å². The Bertz CT molecular complexity index is 644. The zero-order chi connectivity index (χ0) is 14.0. The van der Waals surface area contributed by atoms with Crippen molar-refractivity contribution in [3.05, 3.63) is 58.1 Å². The van der Waals surface area contributed by atoms with E-state index in [0.29, 0.717) is 4.47 Å². The summed E-state index contributed by atoms with van der Waals surface area (Å²) in [5.74, 6) is -3.21. The molecule has 0 saturated carbocycles. The van der Waals surface area contributed by atoms with Crippen LogP contribution >= 0.6 is 15.9 Å². The Balaban J connectivity index is 2.40. The predicted molar refractivity (Wildman–Crippen MR) is 67.5 cm³/mol. The monoisotopic (exact) mass is 328 g/mol. The SMILES string of the molecule is O=C(O)c1c(Br)cccc1Oc1ccc(F)c(F)c1. The summed E-state index contributed by atoms with van der Waals surface area (Å²) in [7, 11) is 0. The van der Waals surface area contributed by atoms with E-state index in [2.05, 4.69) is 15.9 Å². The fourth-order valence-corrected chi connectivity index (χ4v) is 1.98. The molecule has 2 aromatic carbocycles. The van der Waals surface area contributed by atoms with Gasteiger partial charge in [0.1, 0.15) is 17.1 Å². The van der Waals surface area contributed by atoms with Gasteiger partial charge in [-0.25, -0.2) is 13.6 Å². The number of halogens is 3. The first-order valence-electron chi connectivity index (χ1n) is 5.13. The van der Waals surface area contributed by atoms with Gasteiger partial charge in [0, 0.05) is 10.5 Å². The minimum atomic E-state index is -1.19. The van der Waals surface area contributed by atoms with Gasteiger partial charge in [0.25, 0.3) is 0 Å². The molecule has 0 radical (unpaired) electrons. The van der Waals surface area contributed by atoms with E-state index >= 15 is 0 Å². The highest BCUT2D eigenvalue weighted by molar-refractivity contribution is 9.10. The van der Waals surface area contributed by atoms with Crippen molar-refractivity contribution < 1.29 is 23.4 Å². The number of rotatable bonds is 3. The molecule has 0 amide bonds. The normalized spacial score (nSPS) is 10.3. The number of hydrogen-bond acceptors (Lipinski definition) is 2. The van der Waals surface area contributed by atoms with Crippen LogP contribution in [0.5, 0.6) is 11.5 Å².